The van der Waals surface area contributed by atoms with Crippen molar-refractivity contribution in [1.29, 1.82) is 0 Å². The van der Waals surface area contributed by atoms with Gasteiger partial charge in [0.15, 0.2) is 0 Å². The predicted molar refractivity (Wildman–Crippen MR) is 114 cm³/mol. The highest BCUT2D eigenvalue weighted by molar-refractivity contribution is 5.84. The average Bonchev–Trinajstić information content (AvgIpc) is 3.08. The first-order valence-corrected chi connectivity index (χ1v) is 11.3. The normalized spacial score (nSPS) is 19.1. The molecule has 1 aromatic carbocycles. The standard InChI is InChI=1S/C25H38O3/c1-3-4-5-8-11-20-14-16-21(17-15-20)22-18-19-24(26)23(22)12-9-6-7-10-13-25(27)28-2/h14-17,22-23H,3-13,18-19H2,1-2H3/t22-,23?/m0/s1. The van der Waals surface area contributed by atoms with Crippen molar-refractivity contribution in [3.8, 4) is 0 Å². The Balaban J connectivity index is 1.77. The Labute approximate surface area is 171 Å². The first-order chi connectivity index (χ1) is 13.7. The summed E-state index contributed by atoms with van der Waals surface area (Å²) in [6, 6.07) is 9.07. The monoisotopic (exact) mass is 386 g/mol. The van der Waals surface area contributed by atoms with Crippen LogP contribution in [0.3, 0.4) is 0 Å². The van der Waals surface area contributed by atoms with E-state index in [0.717, 1.165) is 44.9 Å². The number of Topliss-reactive ketones (excluding diaryl/α,β-unsaturated/α-hetero) is 1. The van der Waals surface area contributed by atoms with E-state index >= 15 is 0 Å². The number of rotatable bonds is 13. The molecule has 1 fully saturated rings. The molecule has 0 aliphatic heterocycles. The molecule has 0 radical (unpaired) electrons. The smallest absolute Gasteiger partial charge is 0.305 e. The van der Waals surface area contributed by atoms with Crippen molar-refractivity contribution in [2.45, 2.75) is 96.3 Å². The molecule has 3 nitrogen and oxygen atoms in total. The van der Waals surface area contributed by atoms with Crippen LogP contribution in [0.15, 0.2) is 24.3 Å². The van der Waals surface area contributed by atoms with E-state index in [1.165, 1.54) is 50.3 Å². The van der Waals surface area contributed by atoms with Gasteiger partial charge in [-0.1, -0.05) is 69.7 Å². The van der Waals surface area contributed by atoms with Gasteiger partial charge in [-0.3, -0.25) is 9.59 Å². The minimum absolute atomic E-state index is 0.125. The van der Waals surface area contributed by atoms with Crippen LogP contribution in [-0.2, 0) is 20.7 Å². The van der Waals surface area contributed by atoms with Gasteiger partial charge in [0.05, 0.1) is 7.11 Å². The van der Waals surface area contributed by atoms with E-state index in [-0.39, 0.29) is 11.9 Å². The Kier molecular flexibility index (Phi) is 10.3. The van der Waals surface area contributed by atoms with E-state index in [1.54, 1.807) is 0 Å². The lowest BCUT2D eigenvalue weighted by atomic mass is 9.84. The molecule has 156 valence electrons. The Morgan fingerprint density at radius 2 is 1.71 bits per heavy atom. The second-order valence-electron chi connectivity index (χ2n) is 8.30. The first kappa shape index (κ1) is 22.6. The van der Waals surface area contributed by atoms with Crippen LogP contribution < -0.4 is 0 Å². The minimum atomic E-state index is -0.125. The number of esters is 1. The van der Waals surface area contributed by atoms with E-state index in [0.29, 0.717) is 18.1 Å². The maximum atomic E-state index is 12.4. The van der Waals surface area contributed by atoms with Crippen molar-refractivity contribution in [3.05, 3.63) is 35.4 Å². The topological polar surface area (TPSA) is 43.4 Å². The second-order valence-corrected chi connectivity index (χ2v) is 8.30. The van der Waals surface area contributed by atoms with E-state index in [1.807, 2.05) is 0 Å². The van der Waals surface area contributed by atoms with Crippen LogP contribution >= 0.6 is 0 Å². The molecule has 1 aromatic rings. The largest absolute Gasteiger partial charge is 0.469 e. The van der Waals surface area contributed by atoms with Gasteiger partial charge in [-0.15, -0.1) is 0 Å². The molecule has 0 saturated heterocycles. The van der Waals surface area contributed by atoms with Crippen LogP contribution in [0.1, 0.15) is 101 Å². The molecule has 1 aliphatic rings. The van der Waals surface area contributed by atoms with Gasteiger partial charge >= 0.3 is 5.97 Å². The lowest BCUT2D eigenvalue weighted by Crippen LogP contribution is -2.13. The number of ketones is 1. The van der Waals surface area contributed by atoms with E-state index in [4.69, 9.17) is 0 Å². The predicted octanol–water partition coefficient (Wildman–Crippen LogP) is 6.39. The molecule has 3 heteroatoms. The van der Waals surface area contributed by atoms with E-state index < -0.39 is 0 Å². The van der Waals surface area contributed by atoms with Crippen LogP contribution in [0.2, 0.25) is 0 Å². The lowest BCUT2D eigenvalue weighted by molar-refractivity contribution is -0.140. The number of ether oxygens (including phenoxy) is 1. The molecule has 28 heavy (non-hydrogen) atoms. The number of aryl methyl sites for hydroxylation is 1. The Hall–Kier alpha value is -1.64. The van der Waals surface area contributed by atoms with Crippen LogP contribution in [0, 0.1) is 5.92 Å². The number of unbranched alkanes of at least 4 members (excludes halogenated alkanes) is 6. The van der Waals surface area contributed by atoms with Crippen LogP contribution in [0.25, 0.3) is 0 Å². The minimum Gasteiger partial charge on any atom is -0.469 e. The quantitative estimate of drug-likeness (QED) is 0.291. The summed E-state index contributed by atoms with van der Waals surface area (Å²) in [7, 11) is 1.44. The van der Waals surface area contributed by atoms with Crippen molar-refractivity contribution in [1.82, 2.24) is 0 Å². The Morgan fingerprint density at radius 1 is 1.00 bits per heavy atom. The van der Waals surface area contributed by atoms with Gasteiger partial charge in [0.25, 0.3) is 0 Å². The molecule has 2 rings (SSSR count). The molecular weight excluding hydrogens is 348 g/mol. The molecule has 2 atom stereocenters. The van der Waals surface area contributed by atoms with Gasteiger partial charge in [0.2, 0.25) is 0 Å². The van der Waals surface area contributed by atoms with Gasteiger partial charge < -0.3 is 4.74 Å². The van der Waals surface area contributed by atoms with Crippen molar-refractivity contribution < 1.29 is 14.3 Å². The van der Waals surface area contributed by atoms with Crippen molar-refractivity contribution in [3.63, 3.8) is 0 Å². The number of carbonyl (C=O) groups excluding carboxylic acids is 2. The highest BCUT2D eigenvalue weighted by Crippen LogP contribution is 2.40. The SMILES string of the molecule is CCCCCCc1ccc([C@@H]2CCC(=O)C2CCCCCCC(=O)OC)cc1. The summed E-state index contributed by atoms with van der Waals surface area (Å²) in [6.45, 7) is 2.25. The van der Waals surface area contributed by atoms with Crippen molar-refractivity contribution >= 4 is 11.8 Å². The van der Waals surface area contributed by atoms with Gasteiger partial charge in [-0.2, -0.15) is 0 Å². The molecular formula is C25H38O3. The zero-order chi connectivity index (χ0) is 20.2. The van der Waals surface area contributed by atoms with Gasteiger partial charge in [-0.05, 0) is 49.1 Å². The maximum absolute atomic E-state index is 12.4. The second kappa shape index (κ2) is 12.7. The third-order valence-corrected chi connectivity index (χ3v) is 6.20. The number of hydrogen-bond donors (Lipinski definition) is 0. The summed E-state index contributed by atoms with van der Waals surface area (Å²) in [5.74, 6) is 0.913. The highest BCUT2D eigenvalue weighted by atomic mass is 16.5. The molecule has 0 amide bonds. The molecule has 0 spiro atoms. The first-order valence-electron chi connectivity index (χ1n) is 11.3. The van der Waals surface area contributed by atoms with Crippen LogP contribution in [0.5, 0.6) is 0 Å². The molecule has 1 aliphatic carbocycles. The van der Waals surface area contributed by atoms with Gasteiger partial charge in [0, 0.05) is 18.8 Å². The van der Waals surface area contributed by atoms with Gasteiger partial charge in [0.1, 0.15) is 5.78 Å². The number of carbonyl (C=O) groups is 2. The molecule has 0 heterocycles. The third kappa shape index (κ3) is 7.41. The average molecular weight is 387 g/mol. The zero-order valence-corrected chi connectivity index (χ0v) is 17.9. The highest BCUT2D eigenvalue weighted by Gasteiger charge is 2.34. The fraction of sp³-hybridized carbons (Fsp3) is 0.680. The fourth-order valence-corrected chi connectivity index (χ4v) is 4.45. The summed E-state index contributed by atoms with van der Waals surface area (Å²) in [5.41, 5.74) is 2.77. The number of methoxy groups -OCH3 is 1. The number of hydrogen-bond acceptors (Lipinski definition) is 3. The van der Waals surface area contributed by atoms with E-state index in [9.17, 15) is 9.59 Å². The fourth-order valence-electron chi connectivity index (χ4n) is 4.45. The lowest BCUT2D eigenvalue weighted by Gasteiger charge is -2.19. The molecule has 1 saturated carbocycles. The zero-order valence-electron chi connectivity index (χ0n) is 17.9. The summed E-state index contributed by atoms with van der Waals surface area (Å²) in [4.78, 5) is 23.6. The third-order valence-electron chi connectivity index (χ3n) is 6.20. The Morgan fingerprint density at radius 3 is 2.43 bits per heavy atom. The molecule has 0 N–H and O–H groups in total. The van der Waals surface area contributed by atoms with Crippen LogP contribution in [0.4, 0.5) is 0 Å². The van der Waals surface area contributed by atoms with Crippen LogP contribution in [-0.4, -0.2) is 18.9 Å². The summed E-state index contributed by atoms with van der Waals surface area (Å²) in [5, 5.41) is 0. The summed E-state index contributed by atoms with van der Waals surface area (Å²) < 4.78 is 4.67. The Bertz CT molecular complexity index is 590. The van der Waals surface area contributed by atoms with Gasteiger partial charge in [-0.25, -0.2) is 0 Å². The molecule has 1 unspecified atom stereocenters. The molecule has 0 bridgehead atoms. The summed E-state index contributed by atoms with van der Waals surface area (Å²) >= 11 is 0. The number of benzene rings is 1. The summed E-state index contributed by atoms with van der Waals surface area (Å²) in [6.07, 6.45) is 13.7. The van der Waals surface area contributed by atoms with Crippen molar-refractivity contribution in [2.75, 3.05) is 7.11 Å². The molecule has 0 aromatic heterocycles. The van der Waals surface area contributed by atoms with E-state index in [2.05, 4.69) is 35.9 Å². The van der Waals surface area contributed by atoms with Crippen molar-refractivity contribution in [2.24, 2.45) is 5.92 Å². The maximum Gasteiger partial charge on any atom is 0.305 e.